The van der Waals surface area contributed by atoms with Crippen LogP contribution in [0.4, 0.5) is 14.9 Å². The third-order valence-corrected chi connectivity index (χ3v) is 6.12. The van der Waals surface area contributed by atoms with E-state index in [-0.39, 0.29) is 11.9 Å². The fraction of sp³-hybridized carbons (Fsp3) is 0.407. The van der Waals surface area contributed by atoms with Gasteiger partial charge in [0.05, 0.1) is 5.52 Å². The van der Waals surface area contributed by atoms with Crippen molar-refractivity contribution in [1.29, 1.82) is 0 Å². The second-order valence-corrected chi connectivity index (χ2v) is 9.85. The van der Waals surface area contributed by atoms with E-state index in [0.29, 0.717) is 39.2 Å². The molecule has 2 aromatic carbocycles. The van der Waals surface area contributed by atoms with E-state index in [9.17, 15) is 14.0 Å². The first kappa shape index (κ1) is 24.6. The van der Waals surface area contributed by atoms with Crippen LogP contribution >= 0.6 is 0 Å². The number of amides is 1. The Kier molecular flexibility index (Phi) is 7.00. The molecule has 1 amide bonds. The molecule has 0 aliphatic carbocycles. The molecule has 0 radical (unpaired) electrons. The highest BCUT2D eigenvalue weighted by Gasteiger charge is 2.28. The predicted octanol–water partition coefficient (Wildman–Crippen LogP) is 5.12. The summed E-state index contributed by atoms with van der Waals surface area (Å²) in [5, 5.41) is 0.849. The number of aromatic nitrogens is 1. The van der Waals surface area contributed by atoms with E-state index in [1.54, 1.807) is 4.90 Å². The van der Waals surface area contributed by atoms with Crippen molar-refractivity contribution in [2.75, 3.05) is 31.1 Å². The summed E-state index contributed by atoms with van der Waals surface area (Å²) in [4.78, 5) is 27.4. The summed E-state index contributed by atoms with van der Waals surface area (Å²) < 4.78 is 27.7. The molecule has 8 heteroatoms. The molecular formula is C27H32FN3O4. The first-order valence-corrected chi connectivity index (χ1v) is 11.8. The summed E-state index contributed by atoms with van der Waals surface area (Å²) in [6.45, 7) is 10.3. The number of hydrogen-bond acceptors (Lipinski definition) is 5. The van der Waals surface area contributed by atoms with Gasteiger partial charge in [0.1, 0.15) is 17.5 Å². The number of ether oxygens (including phenoxy) is 2. The van der Waals surface area contributed by atoms with Crippen molar-refractivity contribution < 1.29 is 23.5 Å². The van der Waals surface area contributed by atoms with Crippen LogP contribution in [-0.2, 0) is 20.8 Å². The molecule has 0 N–H and O–H groups in total. The minimum Gasteiger partial charge on any atom is -0.460 e. The number of carbonyl (C=O) groups is 2. The molecule has 2 heterocycles. The maximum Gasteiger partial charge on any atom is 0.410 e. The zero-order chi connectivity index (χ0) is 25.2. The van der Waals surface area contributed by atoms with Crippen molar-refractivity contribution in [3.63, 3.8) is 0 Å². The van der Waals surface area contributed by atoms with Crippen molar-refractivity contribution in [3.05, 3.63) is 65.6 Å². The monoisotopic (exact) mass is 481 g/mol. The number of fused-ring (bicyclic) bond motifs is 1. The van der Waals surface area contributed by atoms with Gasteiger partial charge in [0.25, 0.3) is 6.47 Å². The second-order valence-electron chi connectivity index (χ2n) is 9.85. The number of anilines is 1. The maximum atomic E-state index is 14.9. The van der Waals surface area contributed by atoms with Gasteiger partial charge in [-0.3, -0.25) is 4.79 Å². The largest absolute Gasteiger partial charge is 0.460 e. The van der Waals surface area contributed by atoms with Gasteiger partial charge in [-0.05, 0) is 45.4 Å². The summed E-state index contributed by atoms with van der Waals surface area (Å²) in [5.41, 5.74) is 2.79. The van der Waals surface area contributed by atoms with E-state index in [2.05, 4.69) is 4.90 Å². The molecule has 0 saturated carbocycles. The van der Waals surface area contributed by atoms with Gasteiger partial charge in [0, 0.05) is 55.6 Å². The summed E-state index contributed by atoms with van der Waals surface area (Å²) in [5.74, 6) is -0.343. The Morgan fingerprint density at radius 3 is 2.43 bits per heavy atom. The number of rotatable bonds is 6. The molecule has 35 heavy (non-hydrogen) atoms. The van der Waals surface area contributed by atoms with Crippen molar-refractivity contribution in [2.24, 2.45) is 0 Å². The van der Waals surface area contributed by atoms with Gasteiger partial charge < -0.3 is 23.8 Å². The van der Waals surface area contributed by atoms with E-state index in [0.717, 1.165) is 27.7 Å². The number of nitrogens with zero attached hydrogens (tertiary/aromatic N) is 3. The molecule has 186 valence electrons. The second kappa shape index (κ2) is 9.98. The zero-order valence-corrected chi connectivity index (χ0v) is 20.7. The molecule has 0 spiro atoms. The lowest BCUT2D eigenvalue weighted by molar-refractivity contribution is -0.133. The van der Waals surface area contributed by atoms with Crippen LogP contribution in [0.5, 0.6) is 0 Å². The normalized spacial score (nSPS) is 15.2. The van der Waals surface area contributed by atoms with Crippen molar-refractivity contribution in [1.82, 2.24) is 9.47 Å². The van der Waals surface area contributed by atoms with Crippen molar-refractivity contribution >= 4 is 29.2 Å². The van der Waals surface area contributed by atoms with Gasteiger partial charge in [-0.15, -0.1) is 0 Å². The van der Waals surface area contributed by atoms with Crippen LogP contribution in [0.1, 0.15) is 44.9 Å². The van der Waals surface area contributed by atoms with Crippen molar-refractivity contribution in [2.45, 2.75) is 45.9 Å². The van der Waals surface area contributed by atoms with E-state index in [4.69, 9.17) is 9.47 Å². The molecule has 0 bridgehead atoms. The van der Waals surface area contributed by atoms with Crippen LogP contribution in [-0.4, -0.2) is 53.8 Å². The summed E-state index contributed by atoms with van der Waals surface area (Å²) >= 11 is 0. The average molecular weight is 482 g/mol. The Morgan fingerprint density at radius 2 is 1.80 bits per heavy atom. The van der Waals surface area contributed by atoms with Crippen LogP contribution < -0.4 is 4.90 Å². The topological polar surface area (TPSA) is 64.0 Å². The van der Waals surface area contributed by atoms with E-state index in [1.165, 1.54) is 12.1 Å². The highest BCUT2D eigenvalue weighted by Crippen LogP contribution is 2.37. The Balaban J connectivity index is 1.69. The zero-order valence-electron chi connectivity index (χ0n) is 20.7. The molecule has 4 rings (SSSR count). The quantitative estimate of drug-likeness (QED) is 0.458. The van der Waals surface area contributed by atoms with Crippen LogP contribution in [0.15, 0.2) is 48.7 Å². The molecule has 7 nitrogen and oxygen atoms in total. The molecule has 1 saturated heterocycles. The predicted molar refractivity (Wildman–Crippen MR) is 133 cm³/mol. The smallest absolute Gasteiger partial charge is 0.410 e. The molecule has 1 atom stereocenters. The molecule has 1 aromatic heterocycles. The number of benzene rings is 2. The standard InChI is InChI=1S/C27H32FN3O4/c1-19(34-18-32)22-17-31(16-20-8-6-5-7-9-20)24-15-21(28)14-23(25(22)24)29-10-12-30(13-11-29)26(33)35-27(2,3)4/h5-9,14-15,17-19H,10-13,16H2,1-4H3. The minimum absolute atomic E-state index is 0.343. The van der Waals surface area contributed by atoms with E-state index in [1.807, 2.05) is 68.8 Å². The van der Waals surface area contributed by atoms with Gasteiger partial charge in [-0.1, -0.05) is 30.3 Å². The van der Waals surface area contributed by atoms with Gasteiger partial charge in [-0.2, -0.15) is 0 Å². The number of carbonyl (C=O) groups excluding carboxylic acids is 2. The first-order valence-electron chi connectivity index (χ1n) is 11.8. The van der Waals surface area contributed by atoms with Crippen LogP contribution in [0.25, 0.3) is 10.9 Å². The summed E-state index contributed by atoms with van der Waals surface area (Å²) in [6.07, 6.45) is 1.09. The van der Waals surface area contributed by atoms with Crippen LogP contribution in [0.3, 0.4) is 0 Å². The number of halogens is 1. The van der Waals surface area contributed by atoms with E-state index >= 15 is 0 Å². The Morgan fingerprint density at radius 1 is 1.11 bits per heavy atom. The van der Waals surface area contributed by atoms with Crippen LogP contribution in [0, 0.1) is 5.82 Å². The number of piperazine rings is 1. The summed E-state index contributed by atoms with van der Waals surface area (Å²) in [6, 6.07) is 13.0. The van der Waals surface area contributed by atoms with Gasteiger partial charge in [0.2, 0.25) is 0 Å². The Bertz CT molecular complexity index is 1190. The lowest BCUT2D eigenvalue weighted by Gasteiger charge is -2.37. The van der Waals surface area contributed by atoms with Gasteiger partial charge in [-0.25, -0.2) is 9.18 Å². The number of hydrogen-bond donors (Lipinski definition) is 0. The van der Waals surface area contributed by atoms with Crippen molar-refractivity contribution in [3.8, 4) is 0 Å². The summed E-state index contributed by atoms with van der Waals surface area (Å²) in [7, 11) is 0. The minimum atomic E-state index is -0.561. The lowest BCUT2D eigenvalue weighted by Crippen LogP contribution is -2.50. The van der Waals surface area contributed by atoms with Gasteiger partial charge >= 0.3 is 6.09 Å². The SMILES string of the molecule is CC(OC=O)c1cn(Cc2ccccc2)c2cc(F)cc(N3CCN(C(=O)OC(C)(C)C)CC3)c12. The maximum absolute atomic E-state index is 14.9. The Labute approximate surface area is 205 Å². The first-order chi connectivity index (χ1) is 16.7. The molecule has 1 aliphatic heterocycles. The van der Waals surface area contributed by atoms with E-state index < -0.39 is 11.7 Å². The molecule has 1 unspecified atom stereocenters. The molecular weight excluding hydrogens is 449 g/mol. The van der Waals surface area contributed by atoms with Gasteiger partial charge in [0.15, 0.2) is 0 Å². The molecule has 1 aliphatic rings. The molecule has 1 fully saturated rings. The highest BCUT2D eigenvalue weighted by atomic mass is 19.1. The third kappa shape index (κ3) is 5.58. The third-order valence-electron chi connectivity index (χ3n) is 6.12. The fourth-order valence-electron chi connectivity index (χ4n) is 4.48. The highest BCUT2D eigenvalue weighted by molar-refractivity contribution is 5.96. The average Bonchev–Trinajstić information content (AvgIpc) is 3.16. The fourth-order valence-corrected chi connectivity index (χ4v) is 4.48. The van der Waals surface area contributed by atoms with Crippen LogP contribution in [0.2, 0.25) is 0 Å². The Hall–Kier alpha value is -3.55. The lowest BCUT2D eigenvalue weighted by atomic mass is 10.1. The molecule has 3 aromatic rings.